The molecule has 2 heterocycles. The lowest BCUT2D eigenvalue weighted by atomic mass is 10.1. The Morgan fingerprint density at radius 1 is 0.842 bits per heavy atom. The van der Waals surface area contributed by atoms with Gasteiger partial charge in [-0.15, -0.1) is 0 Å². The Morgan fingerprint density at radius 3 is 2.29 bits per heavy atom. The topological polar surface area (TPSA) is 112 Å². The van der Waals surface area contributed by atoms with Crippen LogP contribution < -0.4 is 0 Å². The van der Waals surface area contributed by atoms with Crippen LogP contribution in [0.1, 0.15) is 32.0 Å². The molecule has 0 bridgehead atoms. The lowest BCUT2D eigenvalue weighted by molar-refractivity contribution is -0.122. The molecule has 1 saturated heterocycles. The van der Waals surface area contributed by atoms with Crippen molar-refractivity contribution in [2.75, 3.05) is 0 Å². The Balaban J connectivity index is 1.50. The van der Waals surface area contributed by atoms with Gasteiger partial charge in [-0.3, -0.25) is 9.69 Å². The van der Waals surface area contributed by atoms with Crippen LogP contribution >= 0.6 is 11.8 Å². The first-order chi connectivity index (χ1) is 18.4. The van der Waals surface area contributed by atoms with Crippen molar-refractivity contribution < 1.29 is 24.6 Å². The van der Waals surface area contributed by atoms with Crippen LogP contribution in [0.5, 0.6) is 0 Å². The number of benzene rings is 3. The van der Waals surface area contributed by atoms with Gasteiger partial charge in [0, 0.05) is 17.6 Å². The van der Waals surface area contributed by atoms with Gasteiger partial charge in [0.1, 0.15) is 0 Å². The number of rotatable bonds is 7. The standard InChI is InChI=1S/C29H21N3O5S/c33-26-25(17-24-10-5-15-31(24)23-9-4-6-21(16-23)28(36)37)38-29(30-22-7-2-1-3-8-22)32(26)18-19-11-13-20(14-12-19)27(34)35/h1-17H,18H2,(H,34,35)(H,36,37)/b25-17+,30-29?. The number of hydrogen-bond donors (Lipinski definition) is 2. The number of carbonyl (C=O) groups is 3. The maximum absolute atomic E-state index is 13.6. The average Bonchev–Trinajstić information content (AvgIpc) is 3.50. The fourth-order valence-electron chi connectivity index (χ4n) is 3.95. The minimum absolute atomic E-state index is 0.165. The molecule has 0 radical (unpaired) electrons. The fourth-order valence-corrected chi connectivity index (χ4v) is 4.93. The van der Waals surface area contributed by atoms with Crippen LogP contribution in [-0.2, 0) is 11.3 Å². The molecule has 2 N–H and O–H groups in total. The van der Waals surface area contributed by atoms with Crippen molar-refractivity contribution in [3.05, 3.63) is 124 Å². The summed E-state index contributed by atoms with van der Waals surface area (Å²) in [6.45, 7) is 0.219. The van der Waals surface area contributed by atoms with E-state index in [1.54, 1.807) is 47.5 Å². The summed E-state index contributed by atoms with van der Waals surface area (Å²) in [4.78, 5) is 43.0. The van der Waals surface area contributed by atoms with Crippen LogP contribution in [0.2, 0.25) is 0 Å². The third kappa shape index (κ3) is 5.28. The second kappa shape index (κ2) is 10.6. The first-order valence-corrected chi connectivity index (χ1v) is 12.4. The predicted octanol–water partition coefficient (Wildman–Crippen LogP) is 5.68. The number of carbonyl (C=O) groups excluding carboxylic acids is 1. The number of para-hydroxylation sites is 1. The van der Waals surface area contributed by atoms with Crippen molar-refractivity contribution in [1.82, 2.24) is 9.47 Å². The van der Waals surface area contributed by atoms with E-state index in [9.17, 15) is 24.6 Å². The molecule has 0 saturated carbocycles. The van der Waals surface area contributed by atoms with Crippen molar-refractivity contribution in [2.24, 2.45) is 4.99 Å². The Morgan fingerprint density at radius 2 is 1.58 bits per heavy atom. The highest BCUT2D eigenvalue weighted by Gasteiger charge is 2.33. The van der Waals surface area contributed by atoms with Gasteiger partial charge in [-0.2, -0.15) is 0 Å². The smallest absolute Gasteiger partial charge is 0.335 e. The SMILES string of the molecule is O=C(O)c1ccc(CN2C(=O)/C(=C\c3cccn3-c3cccc(C(=O)O)c3)SC2=Nc2ccccc2)cc1. The van der Waals surface area contributed by atoms with Gasteiger partial charge in [0.25, 0.3) is 5.91 Å². The molecule has 0 spiro atoms. The largest absolute Gasteiger partial charge is 0.478 e. The summed E-state index contributed by atoms with van der Waals surface area (Å²) in [6.07, 6.45) is 3.56. The number of amidine groups is 1. The van der Waals surface area contributed by atoms with Gasteiger partial charge in [0.05, 0.1) is 28.3 Å². The van der Waals surface area contributed by atoms with Gasteiger partial charge in [-0.05, 0) is 78.0 Å². The highest BCUT2D eigenvalue weighted by atomic mass is 32.2. The molecule has 0 aliphatic carbocycles. The fraction of sp³-hybridized carbons (Fsp3) is 0.0345. The molecular formula is C29H21N3O5S. The Hall–Kier alpha value is -4.89. The second-order valence-electron chi connectivity index (χ2n) is 8.39. The molecule has 1 aromatic heterocycles. The minimum atomic E-state index is -1.02. The maximum Gasteiger partial charge on any atom is 0.335 e. The number of aromatic carboxylic acids is 2. The van der Waals surface area contributed by atoms with E-state index in [0.29, 0.717) is 27.1 Å². The van der Waals surface area contributed by atoms with Crippen LogP contribution in [-0.4, -0.2) is 42.7 Å². The molecule has 188 valence electrons. The highest BCUT2D eigenvalue weighted by molar-refractivity contribution is 8.18. The summed E-state index contributed by atoms with van der Waals surface area (Å²) in [5.41, 5.74) is 3.16. The summed E-state index contributed by atoms with van der Waals surface area (Å²) in [7, 11) is 0. The molecule has 5 rings (SSSR count). The van der Waals surface area contributed by atoms with E-state index in [0.717, 1.165) is 5.56 Å². The third-order valence-corrected chi connectivity index (χ3v) is 6.85. The summed E-state index contributed by atoms with van der Waals surface area (Å²) < 4.78 is 1.81. The molecule has 1 aliphatic heterocycles. The van der Waals surface area contributed by atoms with E-state index in [1.165, 1.54) is 30.0 Å². The molecule has 8 nitrogen and oxygen atoms in total. The molecule has 38 heavy (non-hydrogen) atoms. The van der Waals surface area contributed by atoms with E-state index in [2.05, 4.69) is 0 Å². The normalized spacial score (nSPS) is 15.4. The predicted molar refractivity (Wildman–Crippen MR) is 146 cm³/mol. The third-order valence-electron chi connectivity index (χ3n) is 5.84. The number of amides is 1. The van der Waals surface area contributed by atoms with Crippen molar-refractivity contribution >= 4 is 46.5 Å². The molecule has 1 aliphatic rings. The Kier molecular flexibility index (Phi) is 6.92. The van der Waals surface area contributed by atoms with Crippen LogP contribution in [0.3, 0.4) is 0 Å². The van der Waals surface area contributed by atoms with E-state index in [-0.39, 0.29) is 23.6 Å². The number of nitrogens with zero attached hydrogens (tertiary/aromatic N) is 3. The zero-order chi connectivity index (χ0) is 26.6. The average molecular weight is 524 g/mol. The van der Waals surface area contributed by atoms with Crippen molar-refractivity contribution in [3.8, 4) is 5.69 Å². The van der Waals surface area contributed by atoms with Crippen LogP contribution in [0, 0.1) is 0 Å². The summed E-state index contributed by atoms with van der Waals surface area (Å²) in [5.74, 6) is -2.27. The van der Waals surface area contributed by atoms with Gasteiger partial charge >= 0.3 is 11.9 Å². The van der Waals surface area contributed by atoms with E-state index >= 15 is 0 Å². The molecule has 1 fully saturated rings. The Labute approximate surface area is 222 Å². The number of hydrogen-bond acceptors (Lipinski definition) is 5. The van der Waals surface area contributed by atoms with Crippen LogP contribution in [0.15, 0.2) is 107 Å². The van der Waals surface area contributed by atoms with E-state index in [1.807, 2.05) is 47.0 Å². The quantitative estimate of drug-likeness (QED) is 0.302. The monoisotopic (exact) mass is 523 g/mol. The zero-order valence-corrected chi connectivity index (χ0v) is 20.7. The zero-order valence-electron chi connectivity index (χ0n) is 19.9. The summed E-state index contributed by atoms with van der Waals surface area (Å²) in [5, 5.41) is 19.1. The van der Waals surface area contributed by atoms with Crippen molar-refractivity contribution in [3.63, 3.8) is 0 Å². The summed E-state index contributed by atoms with van der Waals surface area (Å²) >= 11 is 1.25. The van der Waals surface area contributed by atoms with Gasteiger partial charge in [0.15, 0.2) is 5.17 Å². The molecule has 3 aromatic carbocycles. The van der Waals surface area contributed by atoms with Crippen molar-refractivity contribution in [1.29, 1.82) is 0 Å². The van der Waals surface area contributed by atoms with Gasteiger partial charge in [-0.25, -0.2) is 14.6 Å². The highest BCUT2D eigenvalue weighted by Crippen LogP contribution is 2.35. The number of aliphatic imine (C=N–C) groups is 1. The molecule has 4 aromatic rings. The van der Waals surface area contributed by atoms with Crippen LogP contribution in [0.25, 0.3) is 11.8 Å². The molecule has 9 heteroatoms. The van der Waals surface area contributed by atoms with E-state index in [4.69, 9.17) is 4.99 Å². The maximum atomic E-state index is 13.6. The molecule has 0 atom stereocenters. The minimum Gasteiger partial charge on any atom is -0.478 e. The number of thioether (sulfide) groups is 1. The number of carboxylic acids is 2. The molecule has 1 amide bonds. The van der Waals surface area contributed by atoms with Crippen molar-refractivity contribution in [2.45, 2.75) is 6.54 Å². The lowest BCUT2D eigenvalue weighted by Crippen LogP contribution is -2.28. The van der Waals surface area contributed by atoms with Gasteiger partial charge < -0.3 is 14.8 Å². The first kappa shape index (κ1) is 24.8. The molecular weight excluding hydrogens is 502 g/mol. The lowest BCUT2D eigenvalue weighted by Gasteiger charge is -2.16. The van der Waals surface area contributed by atoms with Gasteiger partial charge in [-0.1, -0.05) is 36.4 Å². The number of aromatic nitrogens is 1. The second-order valence-corrected chi connectivity index (χ2v) is 9.40. The first-order valence-electron chi connectivity index (χ1n) is 11.6. The van der Waals surface area contributed by atoms with Gasteiger partial charge in [0.2, 0.25) is 0 Å². The number of carboxylic acid groups (broad SMARTS) is 2. The molecule has 0 unspecified atom stereocenters. The summed E-state index contributed by atoms with van der Waals surface area (Å²) in [6, 6.07) is 25.9. The van der Waals surface area contributed by atoms with Crippen LogP contribution in [0.4, 0.5) is 5.69 Å². The van der Waals surface area contributed by atoms with E-state index < -0.39 is 11.9 Å². The Bertz CT molecular complexity index is 1590.